The summed E-state index contributed by atoms with van der Waals surface area (Å²) in [5, 5.41) is 14.8. The van der Waals surface area contributed by atoms with E-state index < -0.39 is 0 Å². The second-order valence-electron chi connectivity index (χ2n) is 6.10. The molecule has 1 aromatic heterocycles. The average molecular weight is 468 g/mol. The summed E-state index contributed by atoms with van der Waals surface area (Å²) in [6, 6.07) is 6.41. The third-order valence-corrected chi connectivity index (χ3v) is 4.29. The first-order chi connectivity index (χ1) is 12.0. The Balaban J connectivity index is 0.00000338. The first-order valence-corrected chi connectivity index (χ1v) is 8.56. The van der Waals surface area contributed by atoms with Crippen molar-refractivity contribution >= 4 is 29.9 Å². The lowest BCUT2D eigenvalue weighted by Gasteiger charge is -2.13. The van der Waals surface area contributed by atoms with E-state index in [0.29, 0.717) is 13.1 Å². The van der Waals surface area contributed by atoms with E-state index in [4.69, 9.17) is 0 Å². The normalized spacial score (nSPS) is 11.0. The number of guanidine groups is 1. The third-order valence-electron chi connectivity index (χ3n) is 4.29. The third kappa shape index (κ3) is 6.12. The van der Waals surface area contributed by atoms with Gasteiger partial charge in [0.25, 0.3) is 0 Å². The van der Waals surface area contributed by atoms with E-state index in [1.54, 1.807) is 0 Å². The summed E-state index contributed by atoms with van der Waals surface area (Å²) >= 11 is 0. The molecule has 2 rings (SSSR count). The maximum atomic E-state index is 4.61. The molecule has 0 aliphatic carbocycles. The fourth-order valence-electron chi connectivity index (χ4n) is 2.63. The van der Waals surface area contributed by atoms with Gasteiger partial charge in [0.2, 0.25) is 0 Å². The average Bonchev–Trinajstić information content (AvgIpc) is 2.91. The fourth-order valence-corrected chi connectivity index (χ4v) is 2.63. The molecular formula is C19H29IN6. The Bertz CT molecular complexity index is 730. The topological polar surface area (TPSA) is 67.1 Å². The van der Waals surface area contributed by atoms with Crippen molar-refractivity contribution in [2.75, 3.05) is 13.1 Å². The van der Waals surface area contributed by atoms with Crippen LogP contribution in [-0.2, 0) is 20.0 Å². The second kappa shape index (κ2) is 10.9. The van der Waals surface area contributed by atoms with Crippen molar-refractivity contribution in [2.45, 2.75) is 33.7 Å². The van der Waals surface area contributed by atoms with Gasteiger partial charge >= 0.3 is 0 Å². The van der Waals surface area contributed by atoms with Gasteiger partial charge in [-0.15, -0.1) is 40.8 Å². The van der Waals surface area contributed by atoms with Gasteiger partial charge in [0.15, 0.2) is 11.8 Å². The van der Waals surface area contributed by atoms with Gasteiger partial charge in [0.1, 0.15) is 12.4 Å². The Kier molecular flexibility index (Phi) is 9.32. The molecule has 0 aliphatic heterocycles. The highest BCUT2D eigenvalue weighted by Crippen LogP contribution is 2.13. The molecule has 0 radical (unpaired) electrons. The zero-order valence-corrected chi connectivity index (χ0v) is 18.4. The van der Waals surface area contributed by atoms with Crippen molar-refractivity contribution in [3.8, 4) is 0 Å². The monoisotopic (exact) mass is 468 g/mol. The van der Waals surface area contributed by atoms with Gasteiger partial charge in [-0.1, -0.05) is 24.3 Å². The number of hydrogen-bond acceptors (Lipinski definition) is 3. The summed E-state index contributed by atoms with van der Waals surface area (Å²) in [5.41, 5.74) is 4.05. The highest BCUT2D eigenvalue weighted by atomic mass is 127. The molecule has 0 fully saturated rings. The minimum atomic E-state index is 0. The molecule has 6 nitrogen and oxygen atoms in total. The van der Waals surface area contributed by atoms with Crippen LogP contribution in [-0.4, -0.2) is 33.8 Å². The van der Waals surface area contributed by atoms with Gasteiger partial charge < -0.3 is 15.2 Å². The SMILES string of the molecule is C=CCNC(=NCc1nnc(C)n1C)NCCc1c(C)cccc1C.I. The molecule has 0 saturated carbocycles. The van der Waals surface area contributed by atoms with Crippen LogP contribution in [0.1, 0.15) is 28.3 Å². The standard InChI is InChI=1S/C19H28N6.HI/c1-6-11-20-19(22-13-18-24-23-16(4)25(18)5)21-12-10-17-14(2)8-7-9-15(17)3;/h6-9H,1,10-13H2,2-5H3,(H2,20,21,22);1H. The lowest BCUT2D eigenvalue weighted by molar-refractivity contribution is 0.756. The van der Waals surface area contributed by atoms with Crippen LogP contribution in [0.4, 0.5) is 0 Å². The maximum absolute atomic E-state index is 4.61. The van der Waals surface area contributed by atoms with Crippen LogP contribution in [0.15, 0.2) is 35.8 Å². The van der Waals surface area contributed by atoms with Gasteiger partial charge in [0.05, 0.1) is 0 Å². The molecule has 0 unspecified atom stereocenters. The fraction of sp³-hybridized carbons (Fsp3) is 0.421. The highest BCUT2D eigenvalue weighted by molar-refractivity contribution is 14.0. The molecule has 1 aromatic carbocycles. The van der Waals surface area contributed by atoms with E-state index in [1.807, 2.05) is 24.6 Å². The molecule has 7 heteroatoms. The molecule has 26 heavy (non-hydrogen) atoms. The number of aromatic nitrogens is 3. The van der Waals surface area contributed by atoms with E-state index in [2.05, 4.69) is 64.4 Å². The van der Waals surface area contributed by atoms with Crippen molar-refractivity contribution in [1.29, 1.82) is 0 Å². The van der Waals surface area contributed by atoms with Gasteiger partial charge in [-0.2, -0.15) is 0 Å². The van der Waals surface area contributed by atoms with Crippen molar-refractivity contribution in [2.24, 2.45) is 12.0 Å². The molecule has 0 saturated heterocycles. The molecule has 142 valence electrons. The molecule has 0 aliphatic rings. The van der Waals surface area contributed by atoms with Crippen molar-refractivity contribution in [3.63, 3.8) is 0 Å². The molecule has 2 N–H and O–H groups in total. The molecule has 0 spiro atoms. The lowest BCUT2D eigenvalue weighted by atomic mass is 10.0. The van der Waals surface area contributed by atoms with Crippen molar-refractivity contribution in [3.05, 3.63) is 59.2 Å². The van der Waals surface area contributed by atoms with E-state index in [9.17, 15) is 0 Å². The Labute approximate surface area is 173 Å². The summed E-state index contributed by atoms with van der Waals surface area (Å²) in [7, 11) is 1.95. The number of aryl methyl sites for hydroxylation is 3. The zero-order chi connectivity index (χ0) is 18.2. The molecule has 2 aromatic rings. The number of halogens is 1. The van der Waals surface area contributed by atoms with Crippen LogP contribution in [0.2, 0.25) is 0 Å². The number of nitrogens with one attached hydrogen (secondary N) is 2. The van der Waals surface area contributed by atoms with Crippen molar-refractivity contribution < 1.29 is 0 Å². The Morgan fingerprint density at radius 2 is 1.88 bits per heavy atom. The predicted octanol–water partition coefficient (Wildman–Crippen LogP) is 2.82. The minimum Gasteiger partial charge on any atom is -0.356 e. The van der Waals surface area contributed by atoms with Crippen LogP contribution in [0, 0.1) is 20.8 Å². The van der Waals surface area contributed by atoms with E-state index in [-0.39, 0.29) is 24.0 Å². The Morgan fingerprint density at radius 1 is 1.19 bits per heavy atom. The van der Waals surface area contributed by atoms with Crippen LogP contribution in [0.5, 0.6) is 0 Å². The largest absolute Gasteiger partial charge is 0.356 e. The maximum Gasteiger partial charge on any atom is 0.191 e. The molecular weight excluding hydrogens is 439 g/mol. The summed E-state index contributed by atoms with van der Waals surface area (Å²) in [6.45, 7) is 11.9. The van der Waals surface area contributed by atoms with Crippen molar-refractivity contribution in [1.82, 2.24) is 25.4 Å². The number of nitrogens with zero attached hydrogens (tertiary/aromatic N) is 4. The molecule has 0 bridgehead atoms. The first-order valence-electron chi connectivity index (χ1n) is 8.56. The van der Waals surface area contributed by atoms with Gasteiger partial charge in [-0.3, -0.25) is 0 Å². The van der Waals surface area contributed by atoms with Crippen LogP contribution >= 0.6 is 24.0 Å². The number of aliphatic imine (C=N–C) groups is 1. The van der Waals surface area contributed by atoms with Gasteiger partial charge in [0, 0.05) is 20.1 Å². The molecule has 0 amide bonds. The predicted molar refractivity (Wildman–Crippen MR) is 118 cm³/mol. The van der Waals surface area contributed by atoms with Crippen LogP contribution < -0.4 is 10.6 Å². The molecule has 0 atom stereocenters. The summed E-state index contributed by atoms with van der Waals surface area (Å²) in [5.74, 6) is 2.48. The smallest absolute Gasteiger partial charge is 0.191 e. The minimum absolute atomic E-state index is 0. The molecule has 1 heterocycles. The zero-order valence-electron chi connectivity index (χ0n) is 16.0. The van der Waals surface area contributed by atoms with Crippen LogP contribution in [0.25, 0.3) is 0 Å². The summed E-state index contributed by atoms with van der Waals surface area (Å²) in [4.78, 5) is 4.61. The lowest BCUT2D eigenvalue weighted by Crippen LogP contribution is -2.38. The van der Waals surface area contributed by atoms with Gasteiger partial charge in [-0.05, 0) is 43.9 Å². The van der Waals surface area contributed by atoms with E-state index in [1.165, 1.54) is 16.7 Å². The van der Waals surface area contributed by atoms with Gasteiger partial charge in [-0.25, -0.2) is 4.99 Å². The summed E-state index contributed by atoms with van der Waals surface area (Å²) < 4.78 is 1.95. The van der Waals surface area contributed by atoms with Crippen LogP contribution in [0.3, 0.4) is 0 Å². The quantitative estimate of drug-likeness (QED) is 0.284. The number of rotatable bonds is 7. The van der Waals surface area contributed by atoms with E-state index in [0.717, 1.165) is 30.6 Å². The first kappa shape index (κ1) is 22.1. The Hall–Kier alpha value is -1.90. The van der Waals surface area contributed by atoms with E-state index >= 15 is 0 Å². The summed E-state index contributed by atoms with van der Waals surface area (Å²) in [6.07, 6.45) is 2.77. The highest BCUT2D eigenvalue weighted by Gasteiger charge is 2.06. The number of hydrogen-bond donors (Lipinski definition) is 2. The second-order valence-corrected chi connectivity index (χ2v) is 6.10. The Morgan fingerprint density at radius 3 is 2.46 bits per heavy atom. The number of benzene rings is 1.